The van der Waals surface area contributed by atoms with E-state index in [9.17, 15) is 4.79 Å². The molecular weight excluding hydrogens is 381 g/mol. The van der Waals surface area contributed by atoms with E-state index in [4.69, 9.17) is 28.2 Å². The van der Waals surface area contributed by atoms with Crippen LogP contribution in [-0.2, 0) is 0 Å². The van der Waals surface area contributed by atoms with Crippen molar-refractivity contribution in [3.05, 3.63) is 50.5 Å². The van der Waals surface area contributed by atoms with E-state index >= 15 is 0 Å². The average Bonchev–Trinajstić information content (AvgIpc) is 2.98. The minimum absolute atomic E-state index is 0.129. The molecule has 1 aromatic carbocycles. The first-order valence-electron chi connectivity index (χ1n) is 9.71. The highest BCUT2D eigenvalue weighted by Crippen LogP contribution is 2.50. The molecule has 2 fully saturated rings. The van der Waals surface area contributed by atoms with Gasteiger partial charge in [0.05, 0.1) is 15.7 Å². The normalized spacial score (nSPS) is 21.8. The molecule has 27 heavy (non-hydrogen) atoms. The molecule has 1 saturated heterocycles. The van der Waals surface area contributed by atoms with Gasteiger partial charge in [0.2, 0.25) is 0 Å². The van der Waals surface area contributed by atoms with Crippen LogP contribution >= 0.6 is 23.2 Å². The molecule has 2 aromatic rings. The van der Waals surface area contributed by atoms with Crippen LogP contribution in [0.2, 0.25) is 10.0 Å². The number of benzene rings is 1. The molecule has 1 aromatic heterocycles. The summed E-state index contributed by atoms with van der Waals surface area (Å²) in [5, 5.41) is 0.797. The van der Waals surface area contributed by atoms with Crippen molar-refractivity contribution in [2.45, 2.75) is 46.0 Å². The Bertz CT molecular complexity index is 916. The van der Waals surface area contributed by atoms with Crippen molar-refractivity contribution in [3.63, 3.8) is 0 Å². The van der Waals surface area contributed by atoms with Gasteiger partial charge in [-0.25, -0.2) is 4.98 Å². The van der Waals surface area contributed by atoms with Crippen LogP contribution in [0.15, 0.2) is 29.1 Å². The third kappa shape index (κ3) is 3.27. The van der Waals surface area contributed by atoms with Gasteiger partial charge in [0.15, 0.2) is 0 Å². The summed E-state index contributed by atoms with van der Waals surface area (Å²) in [6.45, 7) is 6.18. The summed E-state index contributed by atoms with van der Waals surface area (Å²) in [4.78, 5) is 19.8. The lowest BCUT2D eigenvalue weighted by atomic mass is 9.71. The molecule has 1 atom stereocenters. The highest BCUT2D eigenvalue weighted by atomic mass is 35.5. The Kier molecular flexibility index (Phi) is 4.98. The Balaban J connectivity index is 1.61. The molecule has 2 heterocycles. The highest BCUT2D eigenvalue weighted by Gasteiger charge is 2.42. The number of aromatic nitrogens is 2. The lowest BCUT2D eigenvalue weighted by Crippen LogP contribution is -2.42. The molecule has 1 aliphatic heterocycles. The van der Waals surface area contributed by atoms with Crippen LogP contribution in [0.25, 0.3) is 5.69 Å². The number of piperidine rings is 1. The molecule has 144 valence electrons. The zero-order valence-corrected chi connectivity index (χ0v) is 17.4. The van der Waals surface area contributed by atoms with Crippen molar-refractivity contribution in [3.8, 4) is 5.69 Å². The van der Waals surface area contributed by atoms with Gasteiger partial charge >= 0.3 is 0 Å². The second-order valence-electron chi connectivity index (χ2n) is 8.05. The Morgan fingerprint density at radius 3 is 2.56 bits per heavy atom. The first-order valence-corrected chi connectivity index (χ1v) is 10.5. The molecule has 4 rings (SSSR count). The maximum absolute atomic E-state index is 12.9. The first-order chi connectivity index (χ1) is 12.9. The van der Waals surface area contributed by atoms with Gasteiger partial charge in [0.1, 0.15) is 11.6 Å². The van der Waals surface area contributed by atoms with Crippen molar-refractivity contribution in [2.75, 3.05) is 18.0 Å². The third-order valence-electron chi connectivity index (χ3n) is 6.69. The van der Waals surface area contributed by atoms with Gasteiger partial charge in [-0.05, 0) is 49.7 Å². The van der Waals surface area contributed by atoms with E-state index in [1.807, 2.05) is 6.92 Å². The van der Waals surface area contributed by atoms with Crippen LogP contribution in [0, 0.1) is 18.3 Å². The predicted octanol–water partition coefficient (Wildman–Crippen LogP) is 5.25. The molecule has 0 radical (unpaired) electrons. The van der Waals surface area contributed by atoms with Crippen LogP contribution in [0.1, 0.15) is 44.9 Å². The zero-order chi connectivity index (χ0) is 19.2. The minimum atomic E-state index is -0.129. The van der Waals surface area contributed by atoms with Crippen LogP contribution in [0.3, 0.4) is 0 Å². The van der Waals surface area contributed by atoms with Crippen LogP contribution in [-0.4, -0.2) is 22.6 Å². The van der Waals surface area contributed by atoms with Crippen molar-refractivity contribution >= 4 is 29.0 Å². The summed E-state index contributed by atoms with van der Waals surface area (Å²) >= 11 is 12.4. The van der Waals surface area contributed by atoms with E-state index in [-0.39, 0.29) is 5.56 Å². The van der Waals surface area contributed by atoms with E-state index in [0.29, 0.717) is 27.0 Å². The molecule has 0 amide bonds. The number of nitrogens with zero attached hydrogens (tertiary/aromatic N) is 3. The summed E-state index contributed by atoms with van der Waals surface area (Å²) in [6, 6.07) is 6.91. The summed E-state index contributed by atoms with van der Waals surface area (Å²) in [6.07, 6.45) is 6.45. The van der Waals surface area contributed by atoms with Crippen molar-refractivity contribution in [1.82, 2.24) is 9.55 Å². The summed E-state index contributed by atoms with van der Waals surface area (Å²) in [5.41, 5.74) is 0.953. The number of aryl methyl sites for hydroxylation is 1. The SMILES string of the molecule is Cc1nc(N2CCC3(CCC[C@H]3C)CC2)cc(=O)n1-c1cccc(Cl)c1Cl. The molecule has 1 aliphatic carbocycles. The number of anilines is 1. The second-order valence-corrected chi connectivity index (χ2v) is 8.84. The lowest BCUT2D eigenvalue weighted by Gasteiger charge is -2.42. The molecule has 0 N–H and O–H groups in total. The Morgan fingerprint density at radius 2 is 1.93 bits per heavy atom. The Hall–Kier alpha value is -1.52. The number of hydrogen-bond donors (Lipinski definition) is 0. The van der Waals surface area contributed by atoms with Crippen molar-refractivity contribution in [2.24, 2.45) is 11.3 Å². The fourth-order valence-corrected chi connectivity index (χ4v) is 5.32. The fourth-order valence-electron chi connectivity index (χ4n) is 4.94. The van der Waals surface area contributed by atoms with Gasteiger partial charge in [0, 0.05) is 19.2 Å². The summed E-state index contributed by atoms with van der Waals surface area (Å²) in [7, 11) is 0. The molecule has 0 unspecified atom stereocenters. The van der Waals surface area contributed by atoms with Gasteiger partial charge in [-0.15, -0.1) is 0 Å². The van der Waals surface area contributed by atoms with E-state index in [2.05, 4.69) is 11.8 Å². The van der Waals surface area contributed by atoms with Gasteiger partial charge in [0.25, 0.3) is 5.56 Å². The fraction of sp³-hybridized carbons (Fsp3) is 0.524. The molecule has 6 heteroatoms. The smallest absolute Gasteiger partial charge is 0.260 e. The topological polar surface area (TPSA) is 38.1 Å². The Morgan fingerprint density at radius 1 is 1.19 bits per heavy atom. The monoisotopic (exact) mass is 405 g/mol. The first kappa shape index (κ1) is 18.8. The molecule has 4 nitrogen and oxygen atoms in total. The Labute approximate surface area is 170 Å². The van der Waals surface area contributed by atoms with E-state index < -0.39 is 0 Å². The molecule has 0 bridgehead atoms. The third-order valence-corrected chi connectivity index (χ3v) is 7.49. The minimum Gasteiger partial charge on any atom is -0.356 e. The van der Waals surface area contributed by atoms with Crippen molar-refractivity contribution < 1.29 is 0 Å². The average molecular weight is 406 g/mol. The molecule has 1 spiro atoms. The standard InChI is InChI=1S/C21H25Cl2N3O/c1-14-5-4-8-21(14)9-11-25(12-10-21)18-13-19(27)26(15(2)24-18)17-7-3-6-16(22)20(17)23/h3,6-7,13-14H,4-5,8-12H2,1-2H3/t14-/m1/s1. The largest absolute Gasteiger partial charge is 0.356 e. The van der Waals surface area contributed by atoms with Crippen LogP contribution in [0.4, 0.5) is 5.82 Å². The van der Waals surface area contributed by atoms with Gasteiger partial charge in [-0.3, -0.25) is 9.36 Å². The van der Waals surface area contributed by atoms with Crippen LogP contribution < -0.4 is 10.5 Å². The molecular formula is C21H25Cl2N3O. The summed E-state index contributed by atoms with van der Waals surface area (Å²) in [5.74, 6) is 2.20. The second kappa shape index (κ2) is 7.14. The maximum Gasteiger partial charge on any atom is 0.260 e. The van der Waals surface area contributed by atoms with Crippen molar-refractivity contribution in [1.29, 1.82) is 0 Å². The van der Waals surface area contributed by atoms with Crippen LogP contribution in [0.5, 0.6) is 0 Å². The zero-order valence-electron chi connectivity index (χ0n) is 15.8. The highest BCUT2D eigenvalue weighted by molar-refractivity contribution is 6.43. The summed E-state index contributed by atoms with van der Waals surface area (Å²) < 4.78 is 1.53. The van der Waals surface area contributed by atoms with E-state index in [1.54, 1.807) is 24.3 Å². The van der Waals surface area contributed by atoms with Gasteiger partial charge in [-0.2, -0.15) is 0 Å². The number of rotatable bonds is 2. The predicted molar refractivity (Wildman–Crippen MR) is 111 cm³/mol. The number of halogens is 2. The van der Waals surface area contributed by atoms with E-state index in [1.165, 1.54) is 36.7 Å². The molecule has 2 aliphatic rings. The van der Waals surface area contributed by atoms with Gasteiger partial charge < -0.3 is 4.90 Å². The van der Waals surface area contributed by atoms with Gasteiger partial charge in [-0.1, -0.05) is 49.0 Å². The van der Waals surface area contributed by atoms with E-state index in [0.717, 1.165) is 24.8 Å². The lowest BCUT2D eigenvalue weighted by molar-refractivity contribution is 0.161. The quantitative estimate of drug-likeness (QED) is 0.683. The maximum atomic E-state index is 12.9. The molecule has 1 saturated carbocycles. The number of hydrogen-bond acceptors (Lipinski definition) is 3.